The van der Waals surface area contributed by atoms with Crippen molar-refractivity contribution in [1.82, 2.24) is 14.8 Å². The molecular weight excluding hydrogens is 360 g/mol. The minimum atomic E-state index is -0.178. The van der Waals surface area contributed by atoms with Crippen LogP contribution in [0.15, 0.2) is 48.5 Å². The van der Waals surface area contributed by atoms with Gasteiger partial charge in [-0.2, -0.15) is 9.78 Å². The molecule has 2 aromatic carbocycles. The molecule has 0 saturated heterocycles. The lowest BCUT2D eigenvalue weighted by molar-refractivity contribution is 0.102. The number of methoxy groups -OCH3 is 1. The number of thiazole rings is 1. The predicted molar refractivity (Wildman–Crippen MR) is 107 cm³/mol. The Hall–Kier alpha value is -3.19. The Kier molecular flexibility index (Phi) is 4.37. The number of hydrogen-bond donors (Lipinski definition) is 1. The van der Waals surface area contributed by atoms with E-state index in [4.69, 9.17) is 4.74 Å². The molecule has 0 radical (unpaired) electrons. The van der Waals surface area contributed by atoms with Crippen molar-refractivity contribution < 1.29 is 9.53 Å². The Morgan fingerprint density at radius 3 is 2.78 bits per heavy atom. The molecule has 136 valence electrons. The summed E-state index contributed by atoms with van der Waals surface area (Å²) in [4.78, 5) is 17.3. The lowest BCUT2D eigenvalue weighted by Crippen LogP contribution is -2.15. The maximum Gasteiger partial charge on any atom is 0.256 e. The van der Waals surface area contributed by atoms with Gasteiger partial charge in [-0.3, -0.25) is 4.79 Å². The van der Waals surface area contributed by atoms with Gasteiger partial charge in [-0.1, -0.05) is 29.0 Å². The second-order valence-corrected chi connectivity index (χ2v) is 7.25. The molecule has 27 heavy (non-hydrogen) atoms. The highest BCUT2D eigenvalue weighted by Gasteiger charge is 2.15. The zero-order valence-electron chi connectivity index (χ0n) is 15.2. The van der Waals surface area contributed by atoms with Gasteiger partial charge in [-0.25, -0.2) is 4.98 Å². The van der Waals surface area contributed by atoms with E-state index >= 15 is 0 Å². The number of rotatable bonds is 4. The molecule has 2 aromatic heterocycles. The fraction of sp³-hybridized carbons (Fsp3) is 0.150. The maximum atomic E-state index is 12.6. The third-order valence-electron chi connectivity index (χ3n) is 4.12. The molecule has 2 heterocycles. The summed E-state index contributed by atoms with van der Waals surface area (Å²) in [5.41, 5.74) is 3.27. The summed E-state index contributed by atoms with van der Waals surface area (Å²) in [6, 6.07) is 15.1. The smallest absolute Gasteiger partial charge is 0.256 e. The Morgan fingerprint density at radius 1 is 1.15 bits per heavy atom. The summed E-state index contributed by atoms with van der Waals surface area (Å²) in [5, 5.41) is 8.13. The highest BCUT2D eigenvalue weighted by Crippen LogP contribution is 2.29. The Labute approximate surface area is 160 Å². The van der Waals surface area contributed by atoms with Crippen molar-refractivity contribution in [2.24, 2.45) is 0 Å². The number of carbonyl (C=O) groups excluding carboxylic acids is 1. The Bertz CT molecular complexity index is 1150. The highest BCUT2D eigenvalue weighted by atomic mass is 32.1. The normalized spacial score (nSPS) is 10.9. The number of nitrogens with zero attached hydrogens (tertiary/aromatic N) is 3. The van der Waals surface area contributed by atoms with Crippen LogP contribution in [0.1, 0.15) is 21.6 Å². The van der Waals surface area contributed by atoms with Gasteiger partial charge in [-0.15, -0.1) is 0 Å². The van der Waals surface area contributed by atoms with Crippen LogP contribution in [0.2, 0.25) is 0 Å². The fourth-order valence-corrected chi connectivity index (χ4v) is 3.73. The largest absolute Gasteiger partial charge is 0.497 e. The Balaban J connectivity index is 1.70. The van der Waals surface area contributed by atoms with Gasteiger partial charge >= 0.3 is 0 Å². The third kappa shape index (κ3) is 3.41. The zero-order chi connectivity index (χ0) is 19.0. The molecule has 7 heteroatoms. The van der Waals surface area contributed by atoms with E-state index in [1.165, 1.54) is 11.3 Å². The molecule has 0 fully saturated rings. The van der Waals surface area contributed by atoms with E-state index in [-0.39, 0.29) is 5.91 Å². The van der Waals surface area contributed by atoms with Gasteiger partial charge in [0.15, 0.2) is 0 Å². The molecule has 1 N–H and O–H groups in total. The van der Waals surface area contributed by atoms with Gasteiger partial charge in [0.25, 0.3) is 5.91 Å². The van der Waals surface area contributed by atoms with Crippen LogP contribution in [0.25, 0.3) is 15.3 Å². The van der Waals surface area contributed by atoms with Crippen molar-refractivity contribution in [3.63, 3.8) is 0 Å². The van der Waals surface area contributed by atoms with Gasteiger partial charge in [0.2, 0.25) is 5.13 Å². The van der Waals surface area contributed by atoms with Gasteiger partial charge in [0.1, 0.15) is 11.6 Å². The monoisotopic (exact) mass is 378 g/mol. The lowest BCUT2D eigenvalue weighted by Gasteiger charge is -2.07. The summed E-state index contributed by atoms with van der Waals surface area (Å²) in [7, 11) is 1.63. The molecular formula is C20H18N4O2S. The first-order valence-corrected chi connectivity index (χ1v) is 9.25. The summed E-state index contributed by atoms with van der Waals surface area (Å²) in [6.07, 6.45) is 0. The molecule has 1 amide bonds. The van der Waals surface area contributed by atoms with Gasteiger partial charge in [-0.05, 0) is 38.1 Å². The first-order valence-electron chi connectivity index (χ1n) is 8.43. The van der Waals surface area contributed by atoms with Gasteiger partial charge < -0.3 is 10.1 Å². The van der Waals surface area contributed by atoms with Crippen LogP contribution in [0.4, 0.5) is 5.82 Å². The van der Waals surface area contributed by atoms with Crippen LogP contribution >= 0.6 is 11.3 Å². The lowest BCUT2D eigenvalue weighted by atomic mass is 10.1. The average Bonchev–Trinajstić information content (AvgIpc) is 3.23. The van der Waals surface area contributed by atoms with Crippen molar-refractivity contribution in [2.75, 3.05) is 12.4 Å². The molecule has 0 unspecified atom stereocenters. The molecule has 0 aliphatic heterocycles. The fourth-order valence-electron chi connectivity index (χ4n) is 2.82. The first kappa shape index (κ1) is 17.2. The summed E-state index contributed by atoms with van der Waals surface area (Å²) in [5.74, 6) is 1.16. The minimum absolute atomic E-state index is 0.178. The molecule has 0 saturated carbocycles. The van der Waals surface area contributed by atoms with E-state index in [9.17, 15) is 4.79 Å². The molecule has 0 bridgehead atoms. The van der Waals surface area contributed by atoms with E-state index in [1.807, 2.05) is 56.3 Å². The quantitative estimate of drug-likeness (QED) is 0.573. The number of ether oxygens (including phenoxy) is 1. The number of nitrogens with one attached hydrogen (secondary N) is 1. The van der Waals surface area contributed by atoms with Crippen LogP contribution in [0, 0.1) is 13.8 Å². The number of hydrogen-bond acceptors (Lipinski definition) is 5. The van der Waals surface area contributed by atoms with E-state index < -0.39 is 0 Å². The molecule has 0 atom stereocenters. The van der Waals surface area contributed by atoms with E-state index in [1.54, 1.807) is 17.9 Å². The van der Waals surface area contributed by atoms with E-state index in [0.29, 0.717) is 16.5 Å². The SMILES string of the molecule is COc1ccc2sc(-n3nc(C)cc3NC(=O)c3cccc(C)c3)nc2c1. The van der Waals surface area contributed by atoms with Crippen molar-refractivity contribution in [3.05, 3.63) is 65.4 Å². The zero-order valence-corrected chi connectivity index (χ0v) is 16.0. The number of carbonyl (C=O) groups is 1. The van der Waals surface area contributed by atoms with Crippen LogP contribution in [0.5, 0.6) is 5.75 Å². The van der Waals surface area contributed by atoms with Crippen LogP contribution < -0.4 is 10.1 Å². The number of aromatic nitrogens is 3. The van der Waals surface area contributed by atoms with Crippen molar-refractivity contribution in [3.8, 4) is 10.9 Å². The van der Waals surface area contributed by atoms with Crippen molar-refractivity contribution in [2.45, 2.75) is 13.8 Å². The van der Waals surface area contributed by atoms with Crippen molar-refractivity contribution in [1.29, 1.82) is 0 Å². The van der Waals surface area contributed by atoms with E-state index in [0.717, 1.165) is 27.2 Å². The van der Waals surface area contributed by atoms with Gasteiger partial charge in [0.05, 0.1) is 23.0 Å². The van der Waals surface area contributed by atoms with E-state index in [2.05, 4.69) is 15.4 Å². The van der Waals surface area contributed by atoms with Crippen LogP contribution in [0.3, 0.4) is 0 Å². The molecule has 4 rings (SSSR count). The summed E-state index contributed by atoms with van der Waals surface area (Å²) >= 11 is 1.50. The molecule has 0 aliphatic carbocycles. The van der Waals surface area contributed by atoms with Crippen LogP contribution in [-0.2, 0) is 0 Å². The topological polar surface area (TPSA) is 69.0 Å². The van der Waals surface area contributed by atoms with Crippen molar-refractivity contribution >= 4 is 33.3 Å². The second-order valence-electron chi connectivity index (χ2n) is 6.24. The minimum Gasteiger partial charge on any atom is -0.497 e. The number of aryl methyl sites for hydroxylation is 2. The highest BCUT2D eigenvalue weighted by molar-refractivity contribution is 7.20. The summed E-state index contributed by atoms with van der Waals surface area (Å²) < 4.78 is 7.95. The average molecular weight is 378 g/mol. The maximum absolute atomic E-state index is 12.6. The number of benzene rings is 2. The number of fused-ring (bicyclic) bond motifs is 1. The number of amides is 1. The number of anilines is 1. The second kappa shape index (κ2) is 6.85. The Morgan fingerprint density at radius 2 is 2.00 bits per heavy atom. The molecule has 0 spiro atoms. The molecule has 4 aromatic rings. The summed E-state index contributed by atoms with van der Waals surface area (Å²) in [6.45, 7) is 3.84. The predicted octanol–water partition coefficient (Wildman–Crippen LogP) is 4.36. The van der Waals surface area contributed by atoms with Crippen LogP contribution in [-0.4, -0.2) is 27.8 Å². The van der Waals surface area contributed by atoms with Gasteiger partial charge in [0, 0.05) is 17.7 Å². The third-order valence-corrected chi connectivity index (χ3v) is 5.13. The first-order chi connectivity index (χ1) is 13.0. The molecule has 0 aliphatic rings. The molecule has 6 nitrogen and oxygen atoms in total. The standard InChI is InChI=1S/C20H18N4O2S/c1-12-5-4-6-14(9-12)19(25)22-18-10-13(2)23-24(18)20-21-16-11-15(26-3)7-8-17(16)27-20/h4-11H,1-3H3,(H,22,25).